The number of hydrogen-bond donors (Lipinski definition) is 1. The van der Waals surface area contributed by atoms with Crippen LogP contribution in [0.3, 0.4) is 0 Å². The molecule has 1 N–H and O–H groups in total. The van der Waals surface area contributed by atoms with Crippen molar-refractivity contribution < 1.29 is 9.57 Å². The quantitative estimate of drug-likeness (QED) is 0.420. The van der Waals surface area contributed by atoms with Crippen LogP contribution in [-0.2, 0) is 22.8 Å². The van der Waals surface area contributed by atoms with Crippen molar-refractivity contribution in [3.8, 4) is 0 Å². The van der Waals surface area contributed by atoms with Crippen molar-refractivity contribution in [2.75, 3.05) is 13.2 Å². The smallest absolute Gasteiger partial charge is 0.137 e. The van der Waals surface area contributed by atoms with E-state index in [9.17, 15) is 0 Å². The maximum absolute atomic E-state index is 6.00. The lowest BCUT2D eigenvalue weighted by Gasteiger charge is -2.25. The van der Waals surface area contributed by atoms with Crippen molar-refractivity contribution in [1.29, 1.82) is 0 Å². The molecule has 2 aromatic rings. The molecule has 0 bridgehead atoms. The van der Waals surface area contributed by atoms with Crippen LogP contribution in [0.2, 0.25) is 0 Å². The highest BCUT2D eigenvalue weighted by Gasteiger charge is 2.32. The van der Waals surface area contributed by atoms with Crippen molar-refractivity contribution in [3.05, 3.63) is 71.8 Å². The Morgan fingerprint density at radius 1 is 0.957 bits per heavy atom. The Labute approximate surface area is 150 Å². The average Bonchev–Trinajstić information content (AvgIpc) is 2.95. The Bertz CT molecular complexity index is 582. The summed E-state index contributed by atoms with van der Waals surface area (Å²) < 4.78 is 6.04. The molecule has 1 heterocycles. The Hall–Kier alpha value is -0.990. The van der Waals surface area contributed by atoms with Gasteiger partial charge in [0.1, 0.15) is 4.17 Å². The van der Waals surface area contributed by atoms with Crippen molar-refractivity contribution >= 4 is 22.6 Å². The standard InChI is InChI=1S/C18H21IN2O2/c19-18-20-11-17(14-22-12-15-7-3-1-4-8-15)21(18)23-13-16-9-5-2-6-10-16/h1-10,17-18,20H,11-14H2. The number of nitrogens with zero attached hydrogens (tertiary/aromatic N) is 1. The summed E-state index contributed by atoms with van der Waals surface area (Å²) in [5.74, 6) is 0. The molecule has 122 valence electrons. The first-order valence-corrected chi connectivity index (χ1v) is 9.02. The molecule has 5 heteroatoms. The first kappa shape index (κ1) is 16.9. The van der Waals surface area contributed by atoms with Crippen LogP contribution < -0.4 is 5.32 Å². The third-order valence-corrected chi connectivity index (χ3v) is 4.74. The minimum absolute atomic E-state index is 0.168. The molecule has 2 unspecified atom stereocenters. The summed E-state index contributed by atoms with van der Waals surface area (Å²) in [6.45, 7) is 2.74. The number of hydroxylamine groups is 2. The van der Waals surface area contributed by atoms with Crippen molar-refractivity contribution in [2.24, 2.45) is 0 Å². The highest BCUT2D eigenvalue weighted by Crippen LogP contribution is 2.19. The molecule has 2 aromatic carbocycles. The fourth-order valence-electron chi connectivity index (χ4n) is 2.51. The fraction of sp³-hybridized carbons (Fsp3) is 0.333. The molecule has 0 radical (unpaired) electrons. The van der Waals surface area contributed by atoms with E-state index in [0.717, 1.165) is 6.54 Å². The second-order valence-electron chi connectivity index (χ2n) is 5.52. The van der Waals surface area contributed by atoms with Gasteiger partial charge in [-0.1, -0.05) is 60.7 Å². The molecule has 3 rings (SSSR count). The third-order valence-electron chi connectivity index (χ3n) is 3.75. The molecule has 1 fully saturated rings. The Balaban J connectivity index is 1.48. The number of halogens is 1. The molecule has 0 spiro atoms. The maximum Gasteiger partial charge on any atom is 0.137 e. The molecular weight excluding hydrogens is 403 g/mol. The number of hydrogen-bond acceptors (Lipinski definition) is 4. The zero-order valence-corrected chi connectivity index (χ0v) is 15.1. The van der Waals surface area contributed by atoms with E-state index in [1.165, 1.54) is 11.1 Å². The lowest BCUT2D eigenvalue weighted by Crippen LogP contribution is -2.37. The Morgan fingerprint density at radius 3 is 2.22 bits per heavy atom. The third kappa shape index (κ3) is 4.99. The van der Waals surface area contributed by atoms with Crippen LogP contribution in [0.15, 0.2) is 60.7 Å². The minimum Gasteiger partial charge on any atom is -0.375 e. The largest absolute Gasteiger partial charge is 0.375 e. The summed E-state index contributed by atoms with van der Waals surface area (Å²) >= 11 is 2.35. The van der Waals surface area contributed by atoms with Gasteiger partial charge in [-0.25, -0.2) is 0 Å². The fourth-order valence-corrected chi connectivity index (χ4v) is 3.38. The molecule has 0 aromatic heterocycles. The van der Waals surface area contributed by atoms with Gasteiger partial charge in [0, 0.05) is 6.54 Å². The van der Waals surface area contributed by atoms with Crippen LogP contribution >= 0.6 is 22.6 Å². The van der Waals surface area contributed by atoms with E-state index in [1.54, 1.807) is 0 Å². The number of ether oxygens (including phenoxy) is 1. The van der Waals surface area contributed by atoms with E-state index in [2.05, 4.69) is 52.2 Å². The van der Waals surface area contributed by atoms with Gasteiger partial charge >= 0.3 is 0 Å². The second kappa shape index (κ2) is 8.75. The van der Waals surface area contributed by atoms with E-state index in [0.29, 0.717) is 19.8 Å². The molecule has 1 aliphatic heterocycles. The predicted octanol–water partition coefficient (Wildman–Crippen LogP) is 3.33. The van der Waals surface area contributed by atoms with Gasteiger partial charge < -0.3 is 4.74 Å². The van der Waals surface area contributed by atoms with E-state index in [1.807, 2.05) is 41.5 Å². The first-order valence-electron chi connectivity index (χ1n) is 7.77. The van der Waals surface area contributed by atoms with E-state index < -0.39 is 0 Å². The molecule has 4 nitrogen and oxygen atoms in total. The minimum atomic E-state index is 0.168. The lowest BCUT2D eigenvalue weighted by molar-refractivity contribution is -0.192. The summed E-state index contributed by atoms with van der Waals surface area (Å²) in [5, 5.41) is 5.42. The van der Waals surface area contributed by atoms with Crippen LogP contribution in [0.25, 0.3) is 0 Å². The van der Waals surface area contributed by atoms with Crippen molar-refractivity contribution in [2.45, 2.75) is 23.4 Å². The molecule has 1 aliphatic rings. The van der Waals surface area contributed by atoms with Gasteiger partial charge in [-0.2, -0.15) is 5.06 Å². The second-order valence-corrected chi connectivity index (χ2v) is 6.70. The van der Waals surface area contributed by atoms with Gasteiger partial charge in [0.15, 0.2) is 0 Å². The van der Waals surface area contributed by atoms with E-state index in [-0.39, 0.29) is 10.2 Å². The van der Waals surface area contributed by atoms with Gasteiger partial charge in [-0.3, -0.25) is 10.2 Å². The summed E-state index contributed by atoms with van der Waals surface area (Å²) in [5.41, 5.74) is 2.37. The van der Waals surface area contributed by atoms with Crippen molar-refractivity contribution in [3.63, 3.8) is 0 Å². The highest BCUT2D eigenvalue weighted by atomic mass is 127. The molecule has 1 saturated heterocycles. The summed E-state index contributed by atoms with van der Waals surface area (Å²) in [6, 6.07) is 20.7. The van der Waals surface area contributed by atoms with Gasteiger partial charge in [-0.05, 0) is 33.7 Å². The van der Waals surface area contributed by atoms with Crippen LogP contribution in [0.1, 0.15) is 11.1 Å². The molecule has 0 amide bonds. The first-order chi connectivity index (χ1) is 11.3. The van der Waals surface area contributed by atoms with Crippen LogP contribution in [0.5, 0.6) is 0 Å². The number of benzene rings is 2. The molecule has 2 atom stereocenters. The van der Waals surface area contributed by atoms with Gasteiger partial charge in [0.25, 0.3) is 0 Å². The van der Waals surface area contributed by atoms with Crippen LogP contribution in [0.4, 0.5) is 0 Å². The van der Waals surface area contributed by atoms with Crippen molar-refractivity contribution in [1.82, 2.24) is 10.4 Å². The predicted molar refractivity (Wildman–Crippen MR) is 98.8 cm³/mol. The maximum atomic E-state index is 6.00. The zero-order valence-electron chi connectivity index (χ0n) is 12.9. The zero-order chi connectivity index (χ0) is 15.9. The van der Waals surface area contributed by atoms with Gasteiger partial charge in [-0.15, -0.1) is 0 Å². The van der Waals surface area contributed by atoms with E-state index >= 15 is 0 Å². The van der Waals surface area contributed by atoms with Gasteiger partial charge in [0.2, 0.25) is 0 Å². The van der Waals surface area contributed by atoms with Gasteiger partial charge in [0.05, 0.1) is 25.9 Å². The molecule has 0 aliphatic carbocycles. The summed E-state index contributed by atoms with van der Waals surface area (Å²) in [4.78, 5) is 6.00. The normalized spacial score (nSPS) is 21.6. The van der Waals surface area contributed by atoms with Crippen LogP contribution in [0, 0.1) is 0 Å². The lowest BCUT2D eigenvalue weighted by atomic mass is 10.2. The molecular formula is C18H21IN2O2. The molecule has 0 saturated carbocycles. The average molecular weight is 424 g/mol. The SMILES string of the molecule is IC1NCC(COCc2ccccc2)N1OCc1ccccc1. The van der Waals surface area contributed by atoms with Crippen LogP contribution in [-0.4, -0.2) is 28.4 Å². The summed E-state index contributed by atoms with van der Waals surface area (Å²) in [7, 11) is 0. The summed E-state index contributed by atoms with van der Waals surface area (Å²) in [6.07, 6.45) is 0. The number of rotatable bonds is 7. The Kier molecular flexibility index (Phi) is 6.41. The van der Waals surface area contributed by atoms with E-state index in [4.69, 9.17) is 9.57 Å². The number of alkyl halides is 1. The highest BCUT2D eigenvalue weighted by molar-refractivity contribution is 14.1. The molecule has 23 heavy (non-hydrogen) atoms. The topological polar surface area (TPSA) is 33.7 Å². The number of nitrogens with one attached hydrogen (secondary N) is 1. The Morgan fingerprint density at radius 2 is 1.57 bits per heavy atom. The monoisotopic (exact) mass is 424 g/mol.